The lowest BCUT2D eigenvalue weighted by atomic mass is 10.0. The molecule has 0 spiro atoms. The average Bonchev–Trinajstić information content (AvgIpc) is 2.65. The van der Waals surface area contributed by atoms with E-state index in [1.165, 1.54) is 19.1 Å². The second-order valence-corrected chi connectivity index (χ2v) is 7.22. The Balaban J connectivity index is 1.79. The van der Waals surface area contributed by atoms with Crippen LogP contribution >= 0.6 is 0 Å². The van der Waals surface area contributed by atoms with E-state index in [9.17, 15) is 18.0 Å². The Labute approximate surface area is 173 Å². The Hall–Kier alpha value is -3.28. The predicted molar refractivity (Wildman–Crippen MR) is 111 cm³/mol. The highest BCUT2D eigenvalue weighted by molar-refractivity contribution is 5.91. The number of halogens is 3. The Morgan fingerprint density at radius 2 is 1.37 bits per heavy atom. The van der Waals surface area contributed by atoms with Crippen molar-refractivity contribution in [2.24, 2.45) is 0 Å². The summed E-state index contributed by atoms with van der Waals surface area (Å²) in [5.41, 5.74) is 5.66. The van der Waals surface area contributed by atoms with Crippen molar-refractivity contribution < 1.29 is 22.7 Å². The summed E-state index contributed by atoms with van der Waals surface area (Å²) < 4.78 is 40.8. The Morgan fingerprint density at radius 1 is 0.867 bits per heavy atom. The molecule has 3 nitrogen and oxygen atoms in total. The zero-order valence-electron chi connectivity index (χ0n) is 17.0. The molecule has 0 N–H and O–H groups in total. The molecule has 0 heterocycles. The number of anilines is 1. The zero-order valence-corrected chi connectivity index (χ0v) is 17.0. The normalized spacial score (nSPS) is 11.3. The first kappa shape index (κ1) is 21.4. The highest BCUT2D eigenvalue weighted by Crippen LogP contribution is 2.28. The molecule has 0 aliphatic carbocycles. The monoisotopic (exact) mass is 413 g/mol. The van der Waals surface area contributed by atoms with Gasteiger partial charge >= 0.3 is 6.36 Å². The number of carbonyl (C=O) groups is 1. The maximum Gasteiger partial charge on any atom is 0.573 e. The molecule has 0 aliphatic rings. The van der Waals surface area contributed by atoms with Crippen molar-refractivity contribution >= 4 is 11.6 Å². The second-order valence-electron chi connectivity index (χ2n) is 7.22. The number of benzene rings is 3. The van der Waals surface area contributed by atoms with Gasteiger partial charge < -0.3 is 9.64 Å². The number of rotatable bonds is 5. The number of carbonyl (C=O) groups excluding carboxylic acids is 1. The third-order valence-corrected chi connectivity index (χ3v) is 4.60. The Morgan fingerprint density at radius 3 is 1.83 bits per heavy atom. The first-order chi connectivity index (χ1) is 14.1. The zero-order chi connectivity index (χ0) is 21.9. The number of aryl methyl sites for hydroxylation is 2. The molecule has 3 aromatic rings. The smallest absolute Gasteiger partial charge is 0.406 e. The quantitative estimate of drug-likeness (QED) is 0.483. The summed E-state index contributed by atoms with van der Waals surface area (Å²) in [6.45, 7) is 6.03. The summed E-state index contributed by atoms with van der Waals surface area (Å²) in [5, 5.41) is 0. The molecule has 0 bridgehead atoms. The molecule has 0 saturated carbocycles. The topological polar surface area (TPSA) is 29.5 Å². The third kappa shape index (κ3) is 5.63. The van der Waals surface area contributed by atoms with Crippen LogP contribution in [-0.2, 0) is 11.3 Å². The fourth-order valence-electron chi connectivity index (χ4n) is 3.41. The van der Waals surface area contributed by atoms with Gasteiger partial charge in [-0.1, -0.05) is 53.6 Å². The maximum atomic E-state index is 12.3. The molecule has 156 valence electrons. The minimum Gasteiger partial charge on any atom is -0.406 e. The number of ether oxygens (including phenoxy) is 1. The summed E-state index contributed by atoms with van der Waals surface area (Å²) in [7, 11) is 0. The summed E-state index contributed by atoms with van der Waals surface area (Å²) in [4.78, 5) is 13.9. The van der Waals surface area contributed by atoms with E-state index >= 15 is 0 Å². The summed E-state index contributed by atoms with van der Waals surface area (Å²) in [6, 6.07) is 19.2. The van der Waals surface area contributed by atoms with E-state index in [1.807, 2.05) is 38.1 Å². The van der Waals surface area contributed by atoms with Crippen LogP contribution in [0.2, 0.25) is 0 Å². The first-order valence-corrected chi connectivity index (χ1v) is 9.42. The summed E-state index contributed by atoms with van der Waals surface area (Å²) in [5.74, 6) is -0.338. The first-order valence-electron chi connectivity index (χ1n) is 9.42. The van der Waals surface area contributed by atoms with Crippen LogP contribution in [-0.4, -0.2) is 12.3 Å². The van der Waals surface area contributed by atoms with Crippen molar-refractivity contribution in [3.63, 3.8) is 0 Å². The number of alkyl halides is 3. The van der Waals surface area contributed by atoms with Crippen molar-refractivity contribution in [1.82, 2.24) is 0 Å². The van der Waals surface area contributed by atoms with Gasteiger partial charge in [-0.15, -0.1) is 13.2 Å². The average molecular weight is 413 g/mol. The molecule has 1 amide bonds. The van der Waals surface area contributed by atoms with Crippen LogP contribution in [0.25, 0.3) is 11.1 Å². The standard InChI is InChI=1S/C24H22F3NO2/c1-16-12-17(2)14-19(13-16)15-28(18(3)29)22-8-4-20(5-9-22)21-6-10-23(11-7-21)30-24(25,26)27/h4-14H,15H2,1-3H3. The van der Waals surface area contributed by atoms with Gasteiger partial charge in [0.1, 0.15) is 5.75 Å². The number of hydrogen-bond donors (Lipinski definition) is 0. The van der Waals surface area contributed by atoms with Crippen molar-refractivity contribution in [2.45, 2.75) is 33.7 Å². The molecule has 0 atom stereocenters. The van der Waals surface area contributed by atoms with Gasteiger partial charge in [0.05, 0.1) is 6.54 Å². The Kier molecular flexibility index (Phi) is 6.15. The van der Waals surface area contributed by atoms with Gasteiger partial charge in [0, 0.05) is 12.6 Å². The van der Waals surface area contributed by atoms with Gasteiger partial charge in [-0.25, -0.2) is 0 Å². The second kappa shape index (κ2) is 8.61. The van der Waals surface area contributed by atoms with E-state index in [0.29, 0.717) is 6.54 Å². The molecule has 3 rings (SSSR count). The lowest BCUT2D eigenvalue weighted by Crippen LogP contribution is -2.27. The molecule has 0 saturated heterocycles. The van der Waals surface area contributed by atoms with Gasteiger partial charge in [-0.2, -0.15) is 0 Å². The molecule has 0 radical (unpaired) electrons. The fourth-order valence-corrected chi connectivity index (χ4v) is 3.41. The minimum absolute atomic E-state index is 0.0736. The number of hydrogen-bond acceptors (Lipinski definition) is 2. The van der Waals surface area contributed by atoms with Gasteiger partial charge in [-0.05, 0) is 54.8 Å². The molecule has 6 heteroatoms. The number of nitrogens with zero attached hydrogens (tertiary/aromatic N) is 1. The summed E-state index contributed by atoms with van der Waals surface area (Å²) >= 11 is 0. The highest BCUT2D eigenvalue weighted by atomic mass is 19.4. The fraction of sp³-hybridized carbons (Fsp3) is 0.208. The van der Waals surface area contributed by atoms with Crippen molar-refractivity contribution in [3.8, 4) is 16.9 Å². The molecule has 0 aromatic heterocycles. The predicted octanol–water partition coefficient (Wildman–Crippen LogP) is 6.42. The Bertz CT molecular complexity index is 1010. The van der Waals surface area contributed by atoms with Crippen LogP contribution in [0, 0.1) is 13.8 Å². The van der Waals surface area contributed by atoms with Crippen molar-refractivity contribution in [2.75, 3.05) is 4.90 Å². The lowest BCUT2D eigenvalue weighted by molar-refractivity contribution is -0.274. The van der Waals surface area contributed by atoms with E-state index < -0.39 is 6.36 Å². The molecular weight excluding hydrogens is 391 g/mol. The number of amides is 1. The molecular formula is C24H22F3NO2. The van der Waals surface area contributed by atoms with Gasteiger partial charge in [0.2, 0.25) is 5.91 Å². The largest absolute Gasteiger partial charge is 0.573 e. The third-order valence-electron chi connectivity index (χ3n) is 4.60. The van der Waals surface area contributed by atoms with Crippen molar-refractivity contribution in [3.05, 3.63) is 83.4 Å². The van der Waals surface area contributed by atoms with E-state index in [0.717, 1.165) is 33.5 Å². The van der Waals surface area contributed by atoms with Crippen LogP contribution < -0.4 is 9.64 Å². The molecule has 30 heavy (non-hydrogen) atoms. The molecule has 0 aliphatic heterocycles. The molecule has 0 unspecified atom stereocenters. The van der Waals surface area contributed by atoms with Crippen LogP contribution in [0.15, 0.2) is 66.7 Å². The molecule has 0 fully saturated rings. The maximum absolute atomic E-state index is 12.3. The summed E-state index contributed by atoms with van der Waals surface area (Å²) in [6.07, 6.45) is -4.71. The van der Waals surface area contributed by atoms with Crippen molar-refractivity contribution in [1.29, 1.82) is 0 Å². The van der Waals surface area contributed by atoms with Crippen LogP contribution in [0.3, 0.4) is 0 Å². The SMILES string of the molecule is CC(=O)N(Cc1cc(C)cc(C)c1)c1ccc(-c2ccc(OC(F)(F)F)cc2)cc1. The minimum atomic E-state index is -4.71. The van der Waals surface area contributed by atoms with Crippen LogP contribution in [0.4, 0.5) is 18.9 Å². The van der Waals surface area contributed by atoms with Gasteiger partial charge in [-0.3, -0.25) is 4.79 Å². The molecule has 3 aromatic carbocycles. The van der Waals surface area contributed by atoms with E-state index in [4.69, 9.17) is 0 Å². The lowest BCUT2D eigenvalue weighted by Gasteiger charge is -2.22. The van der Waals surface area contributed by atoms with E-state index in [2.05, 4.69) is 22.9 Å². The van der Waals surface area contributed by atoms with Gasteiger partial charge in [0.15, 0.2) is 0 Å². The van der Waals surface area contributed by atoms with Gasteiger partial charge in [0.25, 0.3) is 0 Å². The van der Waals surface area contributed by atoms with Crippen LogP contribution in [0.5, 0.6) is 5.75 Å². The highest BCUT2D eigenvalue weighted by Gasteiger charge is 2.30. The van der Waals surface area contributed by atoms with E-state index in [1.54, 1.807) is 17.0 Å². The van der Waals surface area contributed by atoms with Crippen LogP contribution in [0.1, 0.15) is 23.6 Å². The van der Waals surface area contributed by atoms with E-state index in [-0.39, 0.29) is 11.7 Å².